The van der Waals surface area contributed by atoms with Crippen molar-refractivity contribution in [3.63, 3.8) is 0 Å². The van der Waals surface area contributed by atoms with E-state index in [2.05, 4.69) is 19.2 Å². The molecule has 0 saturated carbocycles. The first-order chi connectivity index (χ1) is 17.1. The molecule has 5 heteroatoms. The SMILES string of the molecule is CC(C)CCOc1ccc(-c2nn(-c3ccccc3)cc2CNC(=O)/C=C/c2ccccc2)cc1. The van der Waals surface area contributed by atoms with E-state index in [1.807, 2.05) is 102 Å². The highest BCUT2D eigenvalue weighted by molar-refractivity contribution is 5.91. The van der Waals surface area contributed by atoms with Crippen LogP contribution in [0.5, 0.6) is 5.75 Å². The largest absolute Gasteiger partial charge is 0.494 e. The smallest absolute Gasteiger partial charge is 0.244 e. The molecule has 0 radical (unpaired) electrons. The van der Waals surface area contributed by atoms with Gasteiger partial charge in [0, 0.05) is 29.9 Å². The number of carbonyl (C=O) groups excluding carboxylic acids is 1. The van der Waals surface area contributed by atoms with Crippen molar-refractivity contribution in [2.45, 2.75) is 26.8 Å². The van der Waals surface area contributed by atoms with Gasteiger partial charge in [-0.2, -0.15) is 5.10 Å². The maximum Gasteiger partial charge on any atom is 0.244 e. The van der Waals surface area contributed by atoms with Gasteiger partial charge in [0.2, 0.25) is 5.91 Å². The van der Waals surface area contributed by atoms with Crippen LogP contribution >= 0.6 is 0 Å². The van der Waals surface area contributed by atoms with Gasteiger partial charge in [-0.3, -0.25) is 4.79 Å². The van der Waals surface area contributed by atoms with Gasteiger partial charge in [0.25, 0.3) is 0 Å². The Morgan fingerprint density at radius 1 is 0.971 bits per heavy atom. The van der Waals surface area contributed by atoms with Gasteiger partial charge in [0.15, 0.2) is 0 Å². The molecule has 0 unspecified atom stereocenters. The Labute approximate surface area is 207 Å². The van der Waals surface area contributed by atoms with Crippen LogP contribution in [0.4, 0.5) is 0 Å². The fourth-order valence-corrected chi connectivity index (χ4v) is 3.59. The zero-order valence-corrected chi connectivity index (χ0v) is 20.2. The van der Waals surface area contributed by atoms with Crippen LogP contribution in [0.1, 0.15) is 31.4 Å². The van der Waals surface area contributed by atoms with E-state index in [9.17, 15) is 4.79 Å². The quantitative estimate of drug-likeness (QED) is 0.280. The molecule has 0 spiro atoms. The third-order valence-corrected chi connectivity index (χ3v) is 5.58. The summed E-state index contributed by atoms with van der Waals surface area (Å²) in [5, 5.41) is 7.83. The first kappa shape index (κ1) is 24.0. The number of amides is 1. The Morgan fingerprint density at radius 2 is 1.66 bits per heavy atom. The van der Waals surface area contributed by atoms with Gasteiger partial charge in [0.05, 0.1) is 18.0 Å². The summed E-state index contributed by atoms with van der Waals surface area (Å²) in [6.07, 6.45) is 6.35. The van der Waals surface area contributed by atoms with E-state index in [0.717, 1.165) is 40.2 Å². The monoisotopic (exact) mass is 465 g/mol. The Kier molecular flexibility index (Phi) is 8.12. The van der Waals surface area contributed by atoms with E-state index in [4.69, 9.17) is 9.84 Å². The van der Waals surface area contributed by atoms with Gasteiger partial charge in [-0.15, -0.1) is 0 Å². The molecule has 4 aromatic rings. The molecule has 1 N–H and O–H groups in total. The fourth-order valence-electron chi connectivity index (χ4n) is 3.59. The molecular formula is C30H31N3O2. The fraction of sp³-hybridized carbons (Fsp3) is 0.200. The molecule has 5 nitrogen and oxygen atoms in total. The average Bonchev–Trinajstić information content (AvgIpc) is 3.32. The van der Waals surface area contributed by atoms with Gasteiger partial charge >= 0.3 is 0 Å². The van der Waals surface area contributed by atoms with Gasteiger partial charge in [-0.05, 0) is 60.4 Å². The van der Waals surface area contributed by atoms with E-state index in [-0.39, 0.29) is 5.91 Å². The van der Waals surface area contributed by atoms with Crippen molar-refractivity contribution in [1.82, 2.24) is 15.1 Å². The molecular weight excluding hydrogens is 434 g/mol. The van der Waals surface area contributed by atoms with Crippen molar-refractivity contribution in [2.24, 2.45) is 5.92 Å². The average molecular weight is 466 g/mol. The minimum atomic E-state index is -0.152. The number of aromatic nitrogens is 2. The number of nitrogens with one attached hydrogen (secondary N) is 1. The molecule has 3 aromatic carbocycles. The van der Waals surface area contributed by atoms with Crippen LogP contribution < -0.4 is 10.1 Å². The van der Waals surface area contributed by atoms with Crippen molar-refractivity contribution in [2.75, 3.05) is 6.61 Å². The first-order valence-electron chi connectivity index (χ1n) is 12.0. The molecule has 0 atom stereocenters. The molecule has 1 heterocycles. The minimum absolute atomic E-state index is 0.152. The number of hydrogen-bond acceptors (Lipinski definition) is 3. The van der Waals surface area contributed by atoms with E-state index >= 15 is 0 Å². The van der Waals surface area contributed by atoms with Crippen LogP contribution in [-0.4, -0.2) is 22.3 Å². The van der Waals surface area contributed by atoms with Crippen LogP contribution in [0.3, 0.4) is 0 Å². The number of rotatable bonds is 10. The summed E-state index contributed by atoms with van der Waals surface area (Å²) in [5.74, 6) is 1.30. The molecule has 0 aliphatic carbocycles. The van der Waals surface area contributed by atoms with Crippen molar-refractivity contribution >= 4 is 12.0 Å². The first-order valence-corrected chi connectivity index (χ1v) is 12.0. The van der Waals surface area contributed by atoms with Gasteiger partial charge in [-0.1, -0.05) is 62.4 Å². The maximum absolute atomic E-state index is 12.5. The number of para-hydroxylation sites is 1. The van der Waals surface area contributed by atoms with Gasteiger partial charge in [0.1, 0.15) is 5.75 Å². The maximum atomic E-state index is 12.5. The zero-order valence-electron chi connectivity index (χ0n) is 20.2. The molecule has 0 fully saturated rings. The molecule has 0 saturated heterocycles. The minimum Gasteiger partial charge on any atom is -0.494 e. The second-order valence-electron chi connectivity index (χ2n) is 8.80. The highest BCUT2D eigenvalue weighted by Gasteiger charge is 2.13. The zero-order chi connectivity index (χ0) is 24.5. The molecule has 0 aliphatic rings. The van der Waals surface area contributed by atoms with Crippen LogP contribution in [0.15, 0.2) is 97.2 Å². The lowest BCUT2D eigenvalue weighted by atomic mass is 10.1. The lowest BCUT2D eigenvalue weighted by molar-refractivity contribution is -0.116. The highest BCUT2D eigenvalue weighted by atomic mass is 16.5. The molecule has 0 aliphatic heterocycles. The Hall–Kier alpha value is -4.12. The second-order valence-corrected chi connectivity index (χ2v) is 8.80. The topological polar surface area (TPSA) is 56.1 Å². The Balaban J connectivity index is 1.51. The van der Waals surface area contributed by atoms with Crippen LogP contribution in [0.25, 0.3) is 23.0 Å². The van der Waals surface area contributed by atoms with E-state index in [1.54, 1.807) is 6.08 Å². The van der Waals surface area contributed by atoms with Crippen molar-refractivity contribution in [1.29, 1.82) is 0 Å². The standard InChI is InChI=1S/C30H31N3O2/c1-23(2)19-20-35-28-16-14-25(15-17-28)30-26(22-33(32-30)27-11-7-4-8-12-27)21-31-29(34)18-13-24-9-5-3-6-10-24/h3-18,22-23H,19-21H2,1-2H3,(H,31,34)/b18-13+. The van der Waals surface area contributed by atoms with Crippen molar-refractivity contribution in [3.8, 4) is 22.7 Å². The number of ether oxygens (including phenoxy) is 1. The third-order valence-electron chi connectivity index (χ3n) is 5.58. The third kappa shape index (κ3) is 6.93. The summed E-state index contributed by atoms with van der Waals surface area (Å²) >= 11 is 0. The number of hydrogen-bond donors (Lipinski definition) is 1. The van der Waals surface area contributed by atoms with E-state index < -0.39 is 0 Å². The van der Waals surface area contributed by atoms with Crippen LogP contribution in [0.2, 0.25) is 0 Å². The lowest BCUT2D eigenvalue weighted by Gasteiger charge is -2.09. The number of benzene rings is 3. The summed E-state index contributed by atoms with van der Waals surface area (Å²) in [4.78, 5) is 12.5. The number of carbonyl (C=O) groups is 1. The van der Waals surface area contributed by atoms with Crippen molar-refractivity contribution in [3.05, 3.63) is 108 Å². The predicted molar refractivity (Wildman–Crippen MR) is 141 cm³/mol. The number of nitrogens with zero attached hydrogens (tertiary/aromatic N) is 2. The molecule has 1 amide bonds. The van der Waals surface area contributed by atoms with Gasteiger partial charge < -0.3 is 10.1 Å². The van der Waals surface area contributed by atoms with E-state index in [1.165, 1.54) is 0 Å². The summed E-state index contributed by atoms with van der Waals surface area (Å²) in [6.45, 7) is 5.45. The molecule has 0 bridgehead atoms. The van der Waals surface area contributed by atoms with Gasteiger partial charge in [-0.25, -0.2) is 4.68 Å². The normalized spacial score (nSPS) is 11.2. The molecule has 35 heavy (non-hydrogen) atoms. The highest BCUT2D eigenvalue weighted by Crippen LogP contribution is 2.26. The molecule has 178 valence electrons. The Bertz CT molecular complexity index is 1240. The molecule has 4 rings (SSSR count). The van der Waals surface area contributed by atoms with Crippen LogP contribution in [0, 0.1) is 5.92 Å². The predicted octanol–water partition coefficient (Wildman–Crippen LogP) is 6.29. The van der Waals surface area contributed by atoms with Crippen molar-refractivity contribution < 1.29 is 9.53 Å². The molecule has 1 aromatic heterocycles. The Morgan fingerprint density at radius 3 is 2.34 bits per heavy atom. The van der Waals surface area contributed by atoms with E-state index in [0.29, 0.717) is 19.1 Å². The summed E-state index contributed by atoms with van der Waals surface area (Å²) < 4.78 is 7.72. The summed E-state index contributed by atoms with van der Waals surface area (Å²) in [6, 6.07) is 27.7. The van der Waals surface area contributed by atoms with Crippen LogP contribution in [-0.2, 0) is 11.3 Å². The lowest BCUT2D eigenvalue weighted by Crippen LogP contribution is -2.20. The second kappa shape index (κ2) is 11.8. The summed E-state index contributed by atoms with van der Waals surface area (Å²) in [5.41, 5.74) is 4.68. The summed E-state index contributed by atoms with van der Waals surface area (Å²) in [7, 11) is 0.